The molecular weight excluding hydrogens is 575 g/mol. The number of carbonyl (C=O) groups is 2. The molecule has 3 aromatic rings. The summed E-state index contributed by atoms with van der Waals surface area (Å²) in [6, 6.07) is 9.86. The van der Waals surface area contributed by atoms with Crippen molar-refractivity contribution in [3.63, 3.8) is 0 Å². The molecule has 2 heterocycles. The summed E-state index contributed by atoms with van der Waals surface area (Å²) >= 11 is 0. The van der Waals surface area contributed by atoms with Crippen LogP contribution in [0.5, 0.6) is 0 Å². The first-order valence-electron chi connectivity index (χ1n) is 14.5. The highest BCUT2D eigenvalue weighted by Gasteiger charge is 2.47. The lowest BCUT2D eigenvalue weighted by Gasteiger charge is -2.33. The molecule has 1 aromatic heterocycles. The topological polar surface area (TPSA) is 106 Å². The van der Waals surface area contributed by atoms with Crippen molar-refractivity contribution in [3.8, 4) is 11.1 Å². The summed E-state index contributed by atoms with van der Waals surface area (Å²) < 4.78 is 51.8. The summed E-state index contributed by atoms with van der Waals surface area (Å²) in [5.41, 5.74) is 0.660. The largest absolute Gasteiger partial charge is 0.444 e. The predicted octanol–water partition coefficient (Wildman–Crippen LogP) is 6.05. The predicted molar refractivity (Wildman–Crippen MR) is 158 cm³/mol. The molecule has 1 atom stereocenters. The second-order valence-corrected chi connectivity index (χ2v) is 12.3. The molecule has 234 valence electrons. The van der Waals surface area contributed by atoms with E-state index in [9.17, 15) is 22.8 Å². The second kappa shape index (κ2) is 12.1. The molecule has 2 amide bonds. The summed E-state index contributed by atoms with van der Waals surface area (Å²) in [6.45, 7) is 8.95. The number of halogens is 3. The molecule has 1 spiro atoms. The van der Waals surface area contributed by atoms with Crippen molar-refractivity contribution < 1.29 is 32.2 Å². The molecule has 5 rings (SSSR count). The van der Waals surface area contributed by atoms with Gasteiger partial charge in [-0.1, -0.05) is 30.3 Å². The van der Waals surface area contributed by atoms with Crippen molar-refractivity contribution in [1.82, 2.24) is 20.6 Å². The van der Waals surface area contributed by atoms with E-state index in [1.165, 1.54) is 12.3 Å². The van der Waals surface area contributed by atoms with Crippen molar-refractivity contribution in [2.24, 2.45) is 0 Å². The highest BCUT2D eigenvalue weighted by Crippen LogP contribution is 2.42. The molecule has 0 radical (unpaired) electrons. The van der Waals surface area contributed by atoms with Crippen LogP contribution >= 0.6 is 0 Å². The number of alkyl carbamates (subject to hydrolysis) is 1. The van der Waals surface area contributed by atoms with Gasteiger partial charge in [-0.15, -0.1) is 0 Å². The number of nitrogens with zero attached hydrogens (tertiary/aromatic N) is 3. The average molecular weight is 612 g/mol. The van der Waals surface area contributed by atoms with Gasteiger partial charge < -0.3 is 25.0 Å². The summed E-state index contributed by atoms with van der Waals surface area (Å²) in [6.07, 6.45) is -0.105. The summed E-state index contributed by atoms with van der Waals surface area (Å²) in [4.78, 5) is 36.1. The van der Waals surface area contributed by atoms with Crippen LogP contribution < -0.4 is 15.5 Å². The van der Waals surface area contributed by atoms with Gasteiger partial charge in [0, 0.05) is 19.6 Å². The lowest BCUT2D eigenvalue weighted by Crippen LogP contribution is -2.44. The molecule has 2 N–H and O–H groups in total. The van der Waals surface area contributed by atoms with Crippen LogP contribution in [0.1, 0.15) is 73.8 Å². The molecule has 1 aliphatic heterocycles. The molecule has 2 aromatic carbocycles. The smallest absolute Gasteiger partial charge is 0.416 e. The number of hydrogen-bond donors (Lipinski definition) is 2. The van der Waals surface area contributed by atoms with Crippen molar-refractivity contribution >= 4 is 17.8 Å². The van der Waals surface area contributed by atoms with Gasteiger partial charge in [0.1, 0.15) is 17.1 Å². The normalized spacial score (nSPS) is 16.8. The fraction of sp³-hybridized carbons (Fsp3) is 0.438. The number of hydrogen-bond acceptors (Lipinski definition) is 7. The molecule has 1 saturated heterocycles. The molecule has 44 heavy (non-hydrogen) atoms. The Kier molecular flexibility index (Phi) is 8.57. The van der Waals surface area contributed by atoms with Crippen LogP contribution in [0.4, 0.5) is 23.8 Å². The number of benzene rings is 2. The molecule has 1 aliphatic carbocycles. The Morgan fingerprint density at radius 1 is 1.09 bits per heavy atom. The number of rotatable bonds is 7. The number of anilines is 1. The first-order chi connectivity index (χ1) is 20.7. The van der Waals surface area contributed by atoms with Gasteiger partial charge in [-0.25, -0.2) is 9.78 Å². The molecule has 9 nitrogen and oxygen atoms in total. The van der Waals surface area contributed by atoms with Crippen LogP contribution in [-0.2, 0) is 22.2 Å². The Balaban J connectivity index is 1.29. The number of alkyl halides is 3. The summed E-state index contributed by atoms with van der Waals surface area (Å²) in [5, 5.41) is 5.54. The van der Waals surface area contributed by atoms with Crippen LogP contribution in [0.3, 0.4) is 0 Å². The molecule has 1 saturated carbocycles. The van der Waals surface area contributed by atoms with Crippen molar-refractivity contribution in [3.05, 3.63) is 77.2 Å². The number of carbonyl (C=O) groups excluding carboxylic acids is 2. The maximum Gasteiger partial charge on any atom is 0.416 e. The quantitative estimate of drug-likeness (QED) is 0.335. The molecule has 12 heteroatoms. The van der Waals surface area contributed by atoms with E-state index in [0.717, 1.165) is 37.1 Å². The molecule has 0 unspecified atom stereocenters. The Labute approximate surface area is 254 Å². The molecule has 2 fully saturated rings. The van der Waals surface area contributed by atoms with Gasteiger partial charge in [0.15, 0.2) is 0 Å². The van der Waals surface area contributed by atoms with Crippen LogP contribution in [0.25, 0.3) is 11.1 Å². The minimum absolute atomic E-state index is 0.0257. The molecule has 2 aliphatic rings. The van der Waals surface area contributed by atoms with Crippen molar-refractivity contribution in [2.45, 2.75) is 70.5 Å². The van der Waals surface area contributed by atoms with Crippen molar-refractivity contribution in [1.29, 1.82) is 0 Å². The summed E-state index contributed by atoms with van der Waals surface area (Å²) in [5.74, 6) is 0.237. The van der Waals surface area contributed by atoms with Gasteiger partial charge in [-0.05, 0) is 74.9 Å². The fourth-order valence-corrected chi connectivity index (χ4v) is 5.06. The highest BCUT2D eigenvalue weighted by molar-refractivity contribution is 5.92. The monoisotopic (exact) mass is 611 g/mol. The Hall–Kier alpha value is -4.19. The average Bonchev–Trinajstić information content (AvgIpc) is 3.72. The third kappa shape index (κ3) is 7.65. The zero-order valence-electron chi connectivity index (χ0n) is 25.1. The van der Waals surface area contributed by atoms with E-state index < -0.39 is 35.4 Å². The minimum Gasteiger partial charge on any atom is -0.444 e. The number of nitrogens with one attached hydrogen (secondary N) is 2. The van der Waals surface area contributed by atoms with Crippen LogP contribution in [0.2, 0.25) is 0 Å². The van der Waals surface area contributed by atoms with E-state index in [1.807, 2.05) is 6.92 Å². The van der Waals surface area contributed by atoms with Gasteiger partial charge in [0.2, 0.25) is 0 Å². The van der Waals surface area contributed by atoms with Crippen LogP contribution in [0, 0.1) is 0 Å². The number of ether oxygens (including phenoxy) is 2. The van der Waals surface area contributed by atoms with E-state index in [4.69, 9.17) is 9.47 Å². The van der Waals surface area contributed by atoms with Gasteiger partial charge in [0.05, 0.1) is 36.2 Å². The highest BCUT2D eigenvalue weighted by atomic mass is 19.4. The first kappa shape index (κ1) is 31.2. The van der Waals surface area contributed by atoms with E-state index in [-0.39, 0.29) is 17.8 Å². The number of aromatic nitrogens is 2. The second-order valence-electron chi connectivity index (χ2n) is 12.3. The maximum absolute atomic E-state index is 13.6. The van der Waals surface area contributed by atoms with Crippen molar-refractivity contribution in [2.75, 3.05) is 24.6 Å². The van der Waals surface area contributed by atoms with Crippen LogP contribution in [-0.4, -0.2) is 52.9 Å². The number of amides is 2. The lowest BCUT2D eigenvalue weighted by molar-refractivity contribution is -0.137. The Bertz CT molecular complexity index is 1520. The van der Waals surface area contributed by atoms with E-state index in [2.05, 4.69) is 25.5 Å². The van der Waals surface area contributed by atoms with Gasteiger partial charge in [0.25, 0.3) is 5.91 Å². The van der Waals surface area contributed by atoms with E-state index in [0.29, 0.717) is 35.7 Å². The van der Waals surface area contributed by atoms with E-state index >= 15 is 0 Å². The standard InChI is InChI=1S/C32H36F3N5O4/c1-20(38-28(41)26-17-36-18-27(39-26)40-13-14-43-31(19-40)11-12-31)21-5-7-22(8-6-21)25-15-24(32(33,34)35)10-9-23(25)16-37-29(42)44-30(2,3)4/h5-10,15,17-18,20H,11-14,16,19H2,1-4H3,(H,37,42)(H,38,41)/t20-/m1/s1. The third-order valence-electron chi connectivity index (χ3n) is 7.56. The first-order valence-corrected chi connectivity index (χ1v) is 14.5. The minimum atomic E-state index is -4.54. The van der Waals surface area contributed by atoms with Gasteiger partial charge in [-0.3, -0.25) is 9.78 Å². The SMILES string of the molecule is C[C@@H](NC(=O)c1cncc(N2CCOC3(CC3)C2)n1)c1ccc(-c2cc(C(F)(F)F)ccc2CNC(=O)OC(C)(C)C)cc1. The van der Waals surface area contributed by atoms with Gasteiger partial charge >= 0.3 is 12.3 Å². The third-order valence-corrected chi connectivity index (χ3v) is 7.56. The summed E-state index contributed by atoms with van der Waals surface area (Å²) in [7, 11) is 0. The maximum atomic E-state index is 13.6. The van der Waals surface area contributed by atoms with Gasteiger partial charge in [-0.2, -0.15) is 13.2 Å². The molecule has 0 bridgehead atoms. The van der Waals surface area contributed by atoms with Crippen LogP contribution in [0.15, 0.2) is 54.9 Å². The fourth-order valence-electron chi connectivity index (χ4n) is 5.06. The lowest BCUT2D eigenvalue weighted by atomic mass is 9.95. The zero-order valence-corrected chi connectivity index (χ0v) is 25.1. The number of morpholine rings is 1. The Morgan fingerprint density at radius 2 is 1.82 bits per heavy atom. The molecular formula is C32H36F3N5O4. The Morgan fingerprint density at radius 3 is 2.48 bits per heavy atom. The van der Waals surface area contributed by atoms with E-state index in [1.54, 1.807) is 51.2 Å². The zero-order chi connectivity index (χ0) is 31.7.